The number of rotatable bonds is 3. The molecule has 0 radical (unpaired) electrons. The summed E-state index contributed by atoms with van der Waals surface area (Å²) in [6.45, 7) is 4.35. The van der Waals surface area contributed by atoms with Crippen LogP contribution >= 0.6 is 0 Å². The molecule has 0 aromatic heterocycles. The Balaban J connectivity index is 1.73. The Bertz CT molecular complexity index is 688. The number of piperidine rings is 1. The monoisotopic (exact) mass is 328 g/mol. The number of nitrogens with zero attached hydrogens (tertiary/aromatic N) is 1. The maximum atomic E-state index is 12.7. The van der Waals surface area contributed by atoms with E-state index in [1.165, 1.54) is 0 Å². The highest BCUT2D eigenvalue weighted by molar-refractivity contribution is 6.09. The molecule has 0 unspecified atom stereocenters. The molecule has 0 spiro atoms. The number of benzene rings is 1. The predicted molar refractivity (Wildman–Crippen MR) is 89.6 cm³/mol. The molecule has 2 aliphatic rings. The van der Waals surface area contributed by atoms with Gasteiger partial charge in [-0.2, -0.15) is 0 Å². The van der Waals surface area contributed by atoms with Crippen molar-refractivity contribution in [2.75, 3.05) is 18.4 Å². The fourth-order valence-corrected chi connectivity index (χ4v) is 3.14. The zero-order valence-electron chi connectivity index (χ0n) is 13.2. The van der Waals surface area contributed by atoms with E-state index in [1.807, 2.05) is 0 Å². The van der Waals surface area contributed by atoms with Crippen molar-refractivity contribution in [3.8, 4) is 0 Å². The third-order valence-corrected chi connectivity index (χ3v) is 4.32. The van der Waals surface area contributed by atoms with Crippen LogP contribution in [0.1, 0.15) is 23.2 Å². The highest BCUT2D eigenvalue weighted by atomic mass is 16.2. The highest BCUT2D eigenvalue weighted by Gasteiger charge is 2.39. The molecular formula is C17H20N4O3. The van der Waals surface area contributed by atoms with E-state index in [9.17, 15) is 14.4 Å². The van der Waals surface area contributed by atoms with Gasteiger partial charge in [0.15, 0.2) is 0 Å². The zero-order valence-corrected chi connectivity index (χ0v) is 13.2. The van der Waals surface area contributed by atoms with Crippen molar-refractivity contribution >= 4 is 23.5 Å². The lowest BCUT2D eigenvalue weighted by Gasteiger charge is -2.37. The summed E-state index contributed by atoms with van der Waals surface area (Å²) in [7, 11) is 0. The van der Waals surface area contributed by atoms with E-state index in [-0.39, 0.29) is 23.9 Å². The summed E-state index contributed by atoms with van der Waals surface area (Å²) in [5.74, 6) is -0.366. The topological polar surface area (TPSA) is 90.5 Å². The summed E-state index contributed by atoms with van der Waals surface area (Å²) >= 11 is 0. The van der Waals surface area contributed by atoms with E-state index in [0.29, 0.717) is 37.2 Å². The van der Waals surface area contributed by atoms with Gasteiger partial charge in [-0.15, -0.1) is 6.58 Å². The molecule has 2 atom stereocenters. The molecule has 3 rings (SSSR count). The van der Waals surface area contributed by atoms with Gasteiger partial charge in [0.2, 0.25) is 5.91 Å². The summed E-state index contributed by atoms with van der Waals surface area (Å²) in [5, 5.41) is 8.31. The van der Waals surface area contributed by atoms with Crippen molar-refractivity contribution in [3.63, 3.8) is 0 Å². The molecule has 2 aliphatic heterocycles. The molecule has 126 valence electrons. The van der Waals surface area contributed by atoms with E-state index in [0.717, 1.165) is 0 Å². The van der Waals surface area contributed by atoms with Crippen LogP contribution in [0.4, 0.5) is 10.5 Å². The first-order valence-electron chi connectivity index (χ1n) is 7.96. The zero-order chi connectivity index (χ0) is 17.1. The lowest BCUT2D eigenvalue weighted by Crippen LogP contribution is -2.56. The fraction of sp³-hybridized carbons (Fsp3) is 0.353. The minimum Gasteiger partial charge on any atom is -0.335 e. The Labute approximate surface area is 140 Å². The number of carbonyl (C=O) groups excluding carboxylic acids is 3. The molecule has 24 heavy (non-hydrogen) atoms. The molecule has 4 amide bonds. The first-order valence-corrected chi connectivity index (χ1v) is 7.96. The Kier molecular flexibility index (Phi) is 4.50. The average Bonchev–Trinajstić information content (AvgIpc) is 2.69. The summed E-state index contributed by atoms with van der Waals surface area (Å²) in [4.78, 5) is 38.6. The van der Waals surface area contributed by atoms with Gasteiger partial charge in [-0.05, 0) is 25.0 Å². The number of para-hydroxylation sites is 1. The van der Waals surface area contributed by atoms with Crippen molar-refractivity contribution in [2.24, 2.45) is 0 Å². The number of amides is 4. The van der Waals surface area contributed by atoms with Crippen LogP contribution in [0.25, 0.3) is 0 Å². The van der Waals surface area contributed by atoms with Crippen LogP contribution < -0.4 is 16.0 Å². The van der Waals surface area contributed by atoms with Crippen LogP contribution in [0, 0.1) is 0 Å². The first kappa shape index (κ1) is 16.0. The molecule has 1 aromatic rings. The van der Waals surface area contributed by atoms with E-state index in [1.54, 1.807) is 35.2 Å². The van der Waals surface area contributed by atoms with E-state index < -0.39 is 6.04 Å². The second kappa shape index (κ2) is 6.74. The largest absolute Gasteiger partial charge is 0.335 e. The van der Waals surface area contributed by atoms with Crippen LogP contribution in [0.2, 0.25) is 0 Å². The lowest BCUT2D eigenvalue weighted by atomic mass is 9.96. The van der Waals surface area contributed by atoms with Gasteiger partial charge in [0.25, 0.3) is 5.91 Å². The van der Waals surface area contributed by atoms with Gasteiger partial charge in [0, 0.05) is 19.1 Å². The molecule has 7 heteroatoms. The van der Waals surface area contributed by atoms with Gasteiger partial charge in [-0.1, -0.05) is 18.2 Å². The number of hydrogen-bond acceptors (Lipinski definition) is 3. The molecule has 0 bridgehead atoms. The Morgan fingerprint density at radius 1 is 1.38 bits per heavy atom. The molecule has 1 aromatic carbocycles. The van der Waals surface area contributed by atoms with Crippen molar-refractivity contribution in [3.05, 3.63) is 42.5 Å². The Morgan fingerprint density at radius 3 is 2.96 bits per heavy atom. The Morgan fingerprint density at radius 2 is 2.17 bits per heavy atom. The fourth-order valence-electron chi connectivity index (χ4n) is 3.14. The maximum Gasteiger partial charge on any atom is 0.315 e. The first-order chi connectivity index (χ1) is 11.6. The predicted octanol–water partition coefficient (Wildman–Crippen LogP) is 1.10. The van der Waals surface area contributed by atoms with Crippen LogP contribution in [0.15, 0.2) is 36.9 Å². The number of fused-ring (bicyclic) bond motifs is 2. The molecule has 3 N–H and O–H groups in total. The number of nitrogens with one attached hydrogen (secondary N) is 3. The smallest absolute Gasteiger partial charge is 0.315 e. The number of urea groups is 1. The molecule has 0 saturated carbocycles. The van der Waals surface area contributed by atoms with Crippen molar-refractivity contribution in [1.29, 1.82) is 0 Å². The average molecular weight is 328 g/mol. The van der Waals surface area contributed by atoms with Gasteiger partial charge in [0.05, 0.1) is 11.3 Å². The standard InChI is InChI=1S/C17H20N4O3/c1-2-8-18-17(24)19-11-7-9-21-14(10-11)15(22)20-13-6-4-3-5-12(13)16(21)23/h2-6,11,14H,1,7-10H2,(H,20,22)(H2,18,19,24)/t11-,14+/m1/s1. The summed E-state index contributed by atoms with van der Waals surface area (Å²) in [5.41, 5.74) is 1.04. The lowest BCUT2D eigenvalue weighted by molar-refractivity contribution is -0.121. The van der Waals surface area contributed by atoms with Crippen LogP contribution in [0.5, 0.6) is 0 Å². The van der Waals surface area contributed by atoms with Gasteiger partial charge in [0.1, 0.15) is 6.04 Å². The third-order valence-electron chi connectivity index (χ3n) is 4.32. The van der Waals surface area contributed by atoms with Crippen molar-refractivity contribution in [1.82, 2.24) is 15.5 Å². The van der Waals surface area contributed by atoms with Gasteiger partial charge < -0.3 is 20.9 Å². The van der Waals surface area contributed by atoms with E-state index >= 15 is 0 Å². The van der Waals surface area contributed by atoms with Gasteiger partial charge in [-0.25, -0.2) is 4.79 Å². The van der Waals surface area contributed by atoms with Crippen molar-refractivity contribution < 1.29 is 14.4 Å². The highest BCUT2D eigenvalue weighted by Crippen LogP contribution is 2.28. The molecule has 2 heterocycles. The molecule has 7 nitrogen and oxygen atoms in total. The number of hydrogen-bond donors (Lipinski definition) is 3. The van der Waals surface area contributed by atoms with Gasteiger partial charge in [-0.3, -0.25) is 9.59 Å². The molecule has 1 fully saturated rings. The number of carbonyl (C=O) groups is 3. The molecule has 0 aliphatic carbocycles. The minimum absolute atomic E-state index is 0.150. The van der Waals surface area contributed by atoms with Gasteiger partial charge >= 0.3 is 6.03 Å². The Hall–Kier alpha value is -2.83. The molecule has 1 saturated heterocycles. The second-order valence-corrected chi connectivity index (χ2v) is 5.91. The number of anilines is 1. The summed E-state index contributed by atoms with van der Waals surface area (Å²) < 4.78 is 0. The normalized spacial score (nSPS) is 22.6. The van der Waals surface area contributed by atoms with E-state index in [4.69, 9.17) is 0 Å². The van der Waals surface area contributed by atoms with E-state index in [2.05, 4.69) is 22.5 Å². The van der Waals surface area contributed by atoms with Crippen LogP contribution in [-0.2, 0) is 4.79 Å². The quantitative estimate of drug-likeness (QED) is 0.726. The maximum absolute atomic E-state index is 12.7. The van der Waals surface area contributed by atoms with Crippen molar-refractivity contribution in [2.45, 2.75) is 24.9 Å². The summed E-state index contributed by atoms with van der Waals surface area (Å²) in [6.07, 6.45) is 2.60. The second-order valence-electron chi connectivity index (χ2n) is 5.91. The van der Waals surface area contributed by atoms with Crippen LogP contribution in [0.3, 0.4) is 0 Å². The SMILES string of the molecule is C=CCNC(=O)N[C@@H]1CCN2C(=O)c3ccccc3NC(=O)[C@@H]2C1. The molecular weight excluding hydrogens is 308 g/mol. The third kappa shape index (κ3) is 3.10. The minimum atomic E-state index is -0.580. The summed E-state index contributed by atoms with van der Waals surface area (Å²) in [6, 6.07) is 5.97. The van der Waals surface area contributed by atoms with Crippen LogP contribution in [-0.4, -0.2) is 47.9 Å².